The number of aryl methyl sites for hydroxylation is 1. The van der Waals surface area contributed by atoms with Crippen LogP contribution in [0.4, 0.5) is 0 Å². The third-order valence-corrected chi connectivity index (χ3v) is 2.01. The Kier molecular flexibility index (Phi) is 5.66. The number of nitrogens with two attached hydrogens (primary N) is 1. The summed E-state index contributed by atoms with van der Waals surface area (Å²) in [5.41, 5.74) is 5.25. The van der Waals surface area contributed by atoms with E-state index in [1.165, 1.54) is 6.33 Å². The van der Waals surface area contributed by atoms with Gasteiger partial charge in [0.15, 0.2) is 5.78 Å². The topological polar surface area (TPSA) is 83.0 Å². The fraction of sp³-hybridized carbons (Fsp3) is 0.700. The zero-order valence-corrected chi connectivity index (χ0v) is 9.56. The second kappa shape index (κ2) is 7.08. The second-order valence-electron chi connectivity index (χ2n) is 3.46. The molecule has 6 heteroatoms. The molecule has 0 fully saturated rings. The average molecular weight is 226 g/mol. The predicted molar refractivity (Wildman–Crippen MR) is 58.9 cm³/mol. The molecule has 0 radical (unpaired) electrons. The smallest absolute Gasteiger partial charge is 0.166 e. The number of hydrogen-bond donors (Lipinski definition) is 1. The molecule has 2 N–H and O–H groups in total. The maximum Gasteiger partial charge on any atom is 0.166 e. The van der Waals surface area contributed by atoms with Crippen LogP contribution in [0.25, 0.3) is 0 Å². The molecule has 0 aliphatic heterocycles. The molecule has 0 bridgehead atoms. The molecule has 90 valence electrons. The Labute approximate surface area is 94.8 Å². The number of ketones is 1. The van der Waals surface area contributed by atoms with E-state index in [4.69, 9.17) is 10.5 Å². The molecule has 0 saturated heterocycles. The van der Waals surface area contributed by atoms with Gasteiger partial charge in [0.25, 0.3) is 0 Å². The molecule has 1 aromatic heterocycles. The first-order chi connectivity index (χ1) is 7.77. The fourth-order valence-electron chi connectivity index (χ4n) is 1.32. The van der Waals surface area contributed by atoms with Crippen LogP contribution in [0.3, 0.4) is 0 Å². The van der Waals surface area contributed by atoms with Crippen molar-refractivity contribution >= 4 is 5.78 Å². The number of carbonyl (C=O) groups is 1. The van der Waals surface area contributed by atoms with Gasteiger partial charge in [-0.1, -0.05) is 6.92 Å². The van der Waals surface area contributed by atoms with Crippen LogP contribution in [0.15, 0.2) is 6.33 Å². The third-order valence-electron chi connectivity index (χ3n) is 2.01. The molecule has 0 spiro atoms. The minimum Gasteiger partial charge on any atom is -0.372 e. The summed E-state index contributed by atoms with van der Waals surface area (Å²) in [4.78, 5) is 15.5. The van der Waals surface area contributed by atoms with E-state index in [2.05, 4.69) is 17.0 Å². The average Bonchev–Trinajstić information content (AvgIpc) is 2.67. The highest BCUT2D eigenvalue weighted by Gasteiger charge is 2.09. The summed E-state index contributed by atoms with van der Waals surface area (Å²) in [6.07, 6.45) is 2.71. The molecule has 0 atom stereocenters. The highest BCUT2D eigenvalue weighted by Crippen LogP contribution is 1.98. The van der Waals surface area contributed by atoms with Crippen molar-refractivity contribution < 1.29 is 9.53 Å². The van der Waals surface area contributed by atoms with Crippen molar-refractivity contribution in [2.45, 2.75) is 26.3 Å². The van der Waals surface area contributed by atoms with Gasteiger partial charge in [-0.05, 0) is 6.42 Å². The lowest BCUT2D eigenvalue weighted by Crippen LogP contribution is -2.18. The zero-order chi connectivity index (χ0) is 11.8. The van der Waals surface area contributed by atoms with Crippen LogP contribution in [0.5, 0.6) is 0 Å². The van der Waals surface area contributed by atoms with Crippen molar-refractivity contribution in [3.8, 4) is 0 Å². The van der Waals surface area contributed by atoms with Gasteiger partial charge in [-0.3, -0.25) is 4.79 Å². The number of Topliss-reactive ketones (excluding diaryl/α,β-unsaturated/α-hetero) is 1. The van der Waals surface area contributed by atoms with E-state index in [9.17, 15) is 4.79 Å². The van der Waals surface area contributed by atoms with Crippen molar-refractivity contribution in [2.75, 3.05) is 19.8 Å². The SMILES string of the molecule is CCCn1ncnc1CC(=O)COCCN. The van der Waals surface area contributed by atoms with E-state index in [1.54, 1.807) is 4.68 Å². The van der Waals surface area contributed by atoms with Crippen LogP contribution in [0, 0.1) is 0 Å². The van der Waals surface area contributed by atoms with Gasteiger partial charge in [-0.2, -0.15) is 5.10 Å². The maximum atomic E-state index is 11.5. The molecular weight excluding hydrogens is 208 g/mol. The number of ether oxygens (including phenoxy) is 1. The minimum atomic E-state index is -0.00111. The van der Waals surface area contributed by atoms with Crippen LogP contribution < -0.4 is 5.73 Å². The van der Waals surface area contributed by atoms with E-state index in [-0.39, 0.29) is 18.8 Å². The normalized spacial score (nSPS) is 10.6. The quantitative estimate of drug-likeness (QED) is 0.619. The first-order valence-corrected chi connectivity index (χ1v) is 5.44. The summed E-state index contributed by atoms with van der Waals surface area (Å²) in [7, 11) is 0. The molecular formula is C10H18N4O2. The maximum absolute atomic E-state index is 11.5. The van der Waals surface area contributed by atoms with Crippen molar-refractivity contribution in [2.24, 2.45) is 5.73 Å². The minimum absolute atomic E-state index is 0.00111. The number of nitrogens with zero attached hydrogens (tertiary/aromatic N) is 3. The van der Waals surface area contributed by atoms with Crippen LogP contribution in [-0.2, 0) is 22.5 Å². The van der Waals surface area contributed by atoms with Gasteiger partial charge in [0.1, 0.15) is 18.8 Å². The number of rotatable bonds is 8. The number of aromatic nitrogens is 3. The van der Waals surface area contributed by atoms with Crippen LogP contribution >= 0.6 is 0 Å². The second-order valence-corrected chi connectivity index (χ2v) is 3.46. The molecule has 0 unspecified atom stereocenters. The van der Waals surface area contributed by atoms with Gasteiger partial charge in [-0.25, -0.2) is 9.67 Å². The summed E-state index contributed by atoms with van der Waals surface area (Å²) >= 11 is 0. The molecule has 1 heterocycles. The molecule has 0 aliphatic carbocycles. The van der Waals surface area contributed by atoms with Gasteiger partial charge >= 0.3 is 0 Å². The summed E-state index contributed by atoms with van der Waals surface area (Å²) < 4.78 is 6.81. The molecule has 0 amide bonds. The van der Waals surface area contributed by atoms with Crippen LogP contribution in [-0.4, -0.2) is 40.3 Å². The molecule has 1 aromatic rings. The lowest BCUT2D eigenvalue weighted by Gasteiger charge is -2.04. The molecule has 6 nitrogen and oxygen atoms in total. The Hall–Kier alpha value is -1.27. The molecule has 0 saturated carbocycles. The number of hydrogen-bond acceptors (Lipinski definition) is 5. The summed E-state index contributed by atoms with van der Waals surface area (Å²) in [5, 5.41) is 4.05. The highest BCUT2D eigenvalue weighted by atomic mass is 16.5. The van der Waals surface area contributed by atoms with Crippen molar-refractivity contribution in [1.82, 2.24) is 14.8 Å². The standard InChI is InChI=1S/C10H18N4O2/c1-2-4-14-10(12-8-13-14)6-9(15)7-16-5-3-11/h8H,2-7,11H2,1H3. The third kappa shape index (κ3) is 4.08. The van der Waals surface area contributed by atoms with Gasteiger partial charge in [-0.15, -0.1) is 0 Å². The van der Waals surface area contributed by atoms with E-state index >= 15 is 0 Å². The largest absolute Gasteiger partial charge is 0.372 e. The van der Waals surface area contributed by atoms with Crippen LogP contribution in [0.2, 0.25) is 0 Å². The van der Waals surface area contributed by atoms with Gasteiger partial charge in [0, 0.05) is 13.1 Å². The van der Waals surface area contributed by atoms with E-state index in [0.717, 1.165) is 13.0 Å². The lowest BCUT2D eigenvalue weighted by molar-refractivity contribution is -0.123. The Morgan fingerprint density at radius 1 is 1.62 bits per heavy atom. The summed E-state index contributed by atoms with van der Waals surface area (Å²) in [6, 6.07) is 0. The molecule has 0 aromatic carbocycles. The Balaban J connectivity index is 2.39. The van der Waals surface area contributed by atoms with Crippen molar-refractivity contribution in [3.63, 3.8) is 0 Å². The first kappa shape index (κ1) is 12.8. The molecule has 1 rings (SSSR count). The Morgan fingerprint density at radius 3 is 3.12 bits per heavy atom. The molecule has 16 heavy (non-hydrogen) atoms. The first-order valence-electron chi connectivity index (χ1n) is 5.44. The van der Waals surface area contributed by atoms with E-state index < -0.39 is 0 Å². The van der Waals surface area contributed by atoms with Crippen LogP contribution in [0.1, 0.15) is 19.2 Å². The van der Waals surface area contributed by atoms with E-state index in [1.807, 2.05) is 0 Å². The highest BCUT2D eigenvalue weighted by molar-refractivity contribution is 5.81. The fourth-order valence-corrected chi connectivity index (χ4v) is 1.32. The zero-order valence-electron chi connectivity index (χ0n) is 9.56. The Morgan fingerprint density at radius 2 is 2.44 bits per heavy atom. The van der Waals surface area contributed by atoms with Gasteiger partial charge < -0.3 is 10.5 Å². The van der Waals surface area contributed by atoms with Crippen molar-refractivity contribution in [1.29, 1.82) is 0 Å². The monoisotopic (exact) mass is 226 g/mol. The summed E-state index contributed by atoms with van der Waals surface area (Å²) in [6.45, 7) is 3.77. The van der Waals surface area contributed by atoms with Gasteiger partial charge in [0.2, 0.25) is 0 Å². The van der Waals surface area contributed by atoms with E-state index in [0.29, 0.717) is 19.0 Å². The van der Waals surface area contributed by atoms with Crippen molar-refractivity contribution in [3.05, 3.63) is 12.2 Å². The van der Waals surface area contributed by atoms with Gasteiger partial charge in [0.05, 0.1) is 13.0 Å². The predicted octanol–water partition coefficient (Wildman–Crippen LogP) is -0.225. The number of carbonyl (C=O) groups excluding carboxylic acids is 1. The summed E-state index contributed by atoms with van der Waals surface area (Å²) in [5.74, 6) is 0.696. The lowest BCUT2D eigenvalue weighted by atomic mass is 10.3. The molecule has 0 aliphatic rings. The Bertz CT molecular complexity index is 324.